The first-order valence-corrected chi connectivity index (χ1v) is 9.93. The van der Waals surface area contributed by atoms with Crippen molar-refractivity contribution in [2.75, 3.05) is 59.5 Å². The molecule has 2 fully saturated rings. The van der Waals surface area contributed by atoms with Crippen LogP contribution in [0.2, 0.25) is 5.02 Å². The zero-order chi connectivity index (χ0) is 18.7. The highest BCUT2D eigenvalue weighted by atomic mass is 35.5. The number of hydrogen-bond acceptors (Lipinski definition) is 4. The lowest BCUT2D eigenvalue weighted by Crippen LogP contribution is -2.36. The van der Waals surface area contributed by atoms with Gasteiger partial charge in [0.25, 0.3) is 5.91 Å². The maximum Gasteiger partial charge on any atom is 0.255 e. The molecule has 2 saturated heterocycles. The summed E-state index contributed by atoms with van der Waals surface area (Å²) in [6.07, 6.45) is 1.18. The summed E-state index contributed by atoms with van der Waals surface area (Å²) in [5.41, 5.74) is 1.60. The molecule has 1 aromatic carbocycles. The molecule has 6 heteroatoms. The number of rotatable bonds is 4. The first kappa shape index (κ1) is 19.6. The second-order valence-corrected chi connectivity index (χ2v) is 8.26. The minimum atomic E-state index is -0.0183. The molecule has 2 atom stereocenters. The minimum absolute atomic E-state index is 0.0183. The fraction of sp³-hybridized carbons (Fsp3) is 0.650. The van der Waals surface area contributed by atoms with Crippen molar-refractivity contribution in [1.29, 1.82) is 0 Å². The van der Waals surface area contributed by atoms with Crippen LogP contribution in [0.5, 0.6) is 0 Å². The van der Waals surface area contributed by atoms with Crippen LogP contribution < -0.4 is 0 Å². The van der Waals surface area contributed by atoms with E-state index in [1.54, 1.807) is 6.07 Å². The highest BCUT2D eigenvalue weighted by Crippen LogP contribution is 2.28. The molecule has 144 valence electrons. The monoisotopic (exact) mass is 379 g/mol. The van der Waals surface area contributed by atoms with Gasteiger partial charge in [-0.1, -0.05) is 23.2 Å². The maximum absolute atomic E-state index is 13.0. The number of amides is 1. The molecular weight excluding hydrogens is 350 g/mol. The Labute approximate surface area is 161 Å². The van der Waals surface area contributed by atoms with E-state index in [-0.39, 0.29) is 18.4 Å². The summed E-state index contributed by atoms with van der Waals surface area (Å²) in [6, 6.07) is 5.56. The molecule has 0 aliphatic carbocycles. The van der Waals surface area contributed by atoms with Crippen molar-refractivity contribution >= 4 is 17.5 Å². The van der Waals surface area contributed by atoms with Crippen LogP contribution in [0.15, 0.2) is 18.2 Å². The SMILES string of the molecule is Cc1ccc(Cl)c(C(=O)N2CC(CO)C(CN3CCCN(C)CC3)C2)c1. The molecule has 3 rings (SSSR count). The van der Waals surface area contributed by atoms with Gasteiger partial charge in [-0.25, -0.2) is 0 Å². The number of likely N-dealkylation sites (N-methyl/N-ethyl adjacent to an activating group) is 1. The molecule has 0 saturated carbocycles. The van der Waals surface area contributed by atoms with Crippen LogP contribution in [-0.4, -0.2) is 85.2 Å². The smallest absolute Gasteiger partial charge is 0.255 e. The largest absolute Gasteiger partial charge is 0.396 e. The van der Waals surface area contributed by atoms with Gasteiger partial charge in [0.1, 0.15) is 0 Å². The number of aliphatic hydroxyl groups excluding tert-OH is 1. The third-order valence-corrected chi connectivity index (χ3v) is 6.08. The number of nitrogens with zero attached hydrogens (tertiary/aromatic N) is 3. The van der Waals surface area contributed by atoms with Gasteiger partial charge in [-0.05, 0) is 51.5 Å². The highest BCUT2D eigenvalue weighted by Gasteiger charge is 2.36. The second-order valence-electron chi connectivity index (χ2n) is 7.85. The Morgan fingerprint density at radius 3 is 2.73 bits per heavy atom. The van der Waals surface area contributed by atoms with E-state index < -0.39 is 0 Å². The number of hydrogen-bond donors (Lipinski definition) is 1. The predicted octanol–water partition coefficient (Wildman–Crippen LogP) is 1.97. The lowest BCUT2D eigenvalue weighted by molar-refractivity contribution is 0.0779. The fourth-order valence-electron chi connectivity index (χ4n) is 4.11. The van der Waals surface area contributed by atoms with Crippen molar-refractivity contribution in [3.8, 4) is 0 Å². The Kier molecular flexibility index (Phi) is 6.56. The van der Waals surface area contributed by atoms with Gasteiger partial charge in [0, 0.05) is 45.2 Å². The van der Waals surface area contributed by atoms with Gasteiger partial charge < -0.3 is 19.8 Å². The summed E-state index contributed by atoms with van der Waals surface area (Å²) >= 11 is 6.25. The number of aryl methyl sites for hydroxylation is 1. The third kappa shape index (κ3) is 4.58. The number of carbonyl (C=O) groups excluding carboxylic acids is 1. The van der Waals surface area contributed by atoms with Crippen LogP contribution in [-0.2, 0) is 0 Å². The van der Waals surface area contributed by atoms with Crippen molar-refractivity contribution in [1.82, 2.24) is 14.7 Å². The molecule has 0 radical (unpaired) electrons. The average Bonchev–Trinajstić information content (AvgIpc) is 2.92. The van der Waals surface area contributed by atoms with Gasteiger partial charge in [0.15, 0.2) is 0 Å². The van der Waals surface area contributed by atoms with Crippen LogP contribution in [0, 0.1) is 18.8 Å². The number of carbonyl (C=O) groups is 1. The molecule has 0 spiro atoms. The van der Waals surface area contributed by atoms with E-state index >= 15 is 0 Å². The quantitative estimate of drug-likeness (QED) is 0.868. The molecule has 1 N–H and O–H groups in total. The molecule has 0 bridgehead atoms. The van der Waals surface area contributed by atoms with Gasteiger partial charge in [-0.15, -0.1) is 0 Å². The topological polar surface area (TPSA) is 47.0 Å². The summed E-state index contributed by atoms with van der Waals surface area (Å²) < 4.78 is 0. The lowest BCUT2D eigenvalue weighted by Gasteiger charge is -2.26. The summed E-state index contributed by atoms with van der Waals surface area (Å²) in [6.45, 7) is 8.72. The van der Waals surface area contributed by atoms with E-state index in [0.29, 0.717) is 29.6 Å². The van der Waals surface area contributed by atoms with E-state index in [1.807, 2.05) is 24.0 Å². The first-order chi connectivity index (χ1) is 12.5. The average molecular weight is 380 g/mol. The molecular formula is C20H30ClN3O2. The van der Waals surface area contributed by atoms with Crippen molar-refractivity contribution in [2.45, 2.75) is 13.3 Å². The lowest BCUT2D eigenvalue weighted by atomic mass is 9.96. The molecule has 1 aromatic rings. The molecule has 2 heterocycles. The van der Waals surface area contributed by atoms with Gasteiger partial charge in [0.2, 0.25) is 0 Å². The summed E-state index contributed by atoms with van der Waals surface area (Å²) in [5, 5.41) is 10.3. The zero-order valence-electron chi connectivity index (χ0n) is 15.8. The van der Waals surface area contributed by atoms with E-state index in [0.717, 1.165) is 38.3 Å². The number of likely N-dealkylation sites (tertiary alicyclic amines) is 1. The van der Waals surface area contributed by atoms with Gasteiger partial charge in [-0.3, -0.25) is 4.79 Å². The Bertz CT molecular complexity index is 639. The molecule has 2 unspecified atom stereocenters. The molecule has 5 nitrogen and oxygen atoms in total. The van der Waals surface area contributed by atoms with E-state index in [1.165, 1.54) is 6.42 Å². The number of aliphatic hydroxyl groups is 1. The third-order valence-electron chi connectivity index (χ3n) is 5.76. The van der Waals surface area contributed by atoms with E-state index in [4.69, 9.17) is 11.6 Å². The van der Waals surface area contributed by atoms with Crippen LogP contribution >= 0.6 is 11.6 Å². The summed E-state index contributed by atoms with van der Waals surface area (Å²) in [5.74, 6) is 0.440. The first-order valence-electron chi connectivity index (χ1n) is 9.55. The van der Waals surface area contributed by atoms with E-state index in [9.17, 15) is 9.90 Å². The Balaban J connectivity index is 1.66. The normalized spacial score (nSPS) is 25.5. The molecule has 26 heavy (non-hydrogen) atoms. The molecule has 0 aromatic heterocycles. The van der Waals surface area contributed by atoms with Crippen molar-refractivity contribution in [3.05, 3.63) is 34.3 Å². The van der Waals surface area contributed by atoms with Crippen molar-refractivity contribution in [3.63, 3.8) is 0 Å². The molecule has 2 aliphatic rings. The second kappa shape index (κ2) is 8.70. The Morgan fingerprint density at radius 2 is 1.96 bits per heavy atom. The van der Waals surface area contributed by atoms with Crippen LogP contribution in [0.25, 0.3) is 0 Å². The van der Waals surface area contributed by atoms with E-state index in [2.05, 4.69) is 16.8 Å². The molecule has 1 amide bonds. The predicted molar refractivity (Wildman–Crippen MR) is 105 cm³/mol. The van der Waals surface area contributed by atoms with Crippen molar-refractivity contribution < 1.29 is 9.90 Å². The van der Waals surface area contributed by atoms with Crippen LogP contribution in [0.1, 0.15) is 22.3 Å². The fourth-order valence-corrected chi connectivity index (χ4v) is 4.30. The minimum Gasteiger partial charge on any atom is -0.396 e. The maximum atomic E-state index is 13.0. The zero-order valence-corrected chi connectivity index (χ0v) is 16.6. The van der Waals surface area contributed by atoms with Crippen LogP contribution in [0.4, 0.5) is 0 Å². The van der Waals surface area contributed by atoms with Gasteiger partial charge in [-0.2, -0.15) is 0 Å². The standard InChI is InChI=1S/C20H30ClN3O2/c1-15-4-5-19(21)18(10-15)20(26)24-12-16(17(13-24)14-25)11-23-7-3-6-22(2)8-9-23/h4-5,10,16-17,25H,3,6-9,11-14H2,1-2H3. The van der Waals surface area contributed by atoms with Gasteiger partial charge in [0.05, 0.1) is 10.6 Å². The Hall–Kier alpha value is -1.14. The summed E-state index contributed by atoms with van der Waals surface area (Å²) in [7, 11) is 2.17. The Morgan fingerprint density at radius 1 is 1.19 bits per heavy atom. The number of halogens is 1. The van der Waals surface area contributed by atoms with Gasteiger partial charge >= 0.3 is 0 Å². The molecule has 2 aliphatic heterocycles. The highest BCUT2D eigenvalue weighted by molar-refractivity contribution is 6.33. The van der Waals surface area contributed by atoms with Crippen molar-refractivity contribution in [2.24, 2.45) is 11.8 Å². The van der Waals surface area contributed by atoms with Crippen LogP contribution in [0.3, 0.4) is 0 Å². The summed E-state index contributed by atoms with van der Waals surface area (Å²) in [4.78, 5) is 19.7. The number of benzene rings is 1.